The van der Waals surface area contributed by atoms with Crippen LogP contribution >= 0.6 is 0 Å². The minimum absolute atomic E-state index is 0.126. The summed E-state index contributed by atoms with van der Waals surface area (Å²) in [5.74, 6) is -3.32. The molecule has 0 amide bonds. The van der Waals surface area contributed by atoms with Crippen molar-refractivity contribution in [3.8, 4) is 5.75 Å². The van der Waals surface area contributed by atoms with Crippen LogP contribution in [0.15, 0.2) is 24.3 Å². The first-order valence-corrected chi connectivity index (χ1v) is 5.30. The molecule has 0 atom stereocenters. The number of carbonyl (C=O) groups is 1. The molecule has 1 aromatic carbocycles. The Morgan fingerprint density at radius 3 is 2.76 bits per heavy atom. The Labute approximate surface area is 97.0 Å². The molecule has 0 radical (unpaired) electrons. The molecule has 1 aliphatic carbocycles. The van der Waals surface area contributed by atoms with Gasteiger partial charge in [-0.3, -0.25) is 0 Å². The van der Waals surface area contributed by atoms with E-state index in [4.69, 9.17) is 9.84 Å². The fourth-order valence-electron chi connectivity index (χ4n) is 1.84. The minimum atomic E-state index is -2.54. The smallest absolute Gasteiger partial charge is 0.335 e. The molecule has 0 aliphatic heterocycles. The van der Waals surface area contributed by atoms with Crippen molar-refractivity contribution < 1.29 is 23.4 Å². The molecule has 0 saturated heterocycles. The van der Waals surface area contributed by atoms with Crippen LogP contribution in [-0.2, 0) is 0 Å². The lowest BCUT2D eigenvalue weighted by Gasteiger charge is -2.34. The first-order valence-electron chi connectivity index (χ1n) is 5.30. The number of halogens is 2. The number of carboxylic acids is 1. The Bertz CT molecular complexity index is 424. The molecule has 5 heteroatoms. The van der Waals surface area contributed by atoms with Gasteiger partial charge in [-0.25, -0.2) is 13.6 Å². The third-order valence-electron chi connectivity index (χ3n) is 2.74. The summed E-state index contributed by atoms with van der Waals surface area (Å²) in [5, 5.41) is 8.76. The molecule has 0 unspecified atom stereocenters. The van der Waals surface area contributed by atoms with Gasteiger partial charge in [0, 0.05) is 18.8 Å². The van der Waals surface area contributed by atoms with E-state index >= 15 is 0 Å². The fourth-order valence-corrected chi connectivity index (χ4v) is 1.84. The summed E-state index contributed by atoms with van der Waals surface area (Å²) in [7, 11) is 0. The van der Waals surface area contributed by atoms with E-state index in [0.29, 0.717) is 5.75 Å². The molecule has 1 fully saturated rings. The largest absolute Gasteiger partial charge is 0.493 e. The van der Waals surface area contributed by atoms with Gasteiger partial charge >= 0.3 is 5.97 Å². The highest BCUT2D eigenvalue weighted by atomic mass is 19.3. The normalized spacial score (nSPS) is 18.5. The molecule has 1 aromatic rings. The average Bonchev–Trinajstić information content (AvgIpc) is 2.23. The third kappa shape index (κ3) is 2.93. The van der Waals surface area contributed by atoms with Crippen LogP contribution in [0.1, 0.15) is 23.2 Å². The second kappa shape index (κ2) is 4.31. The topological polar surface area (TPSA) is 46.5 Å². The number of benzene rings is 1. The van der Waals surface area contributed by atoms with Crippen molar-refractivity contribution in [2.24, 2.45) is 5.92 Å². The molecule has 1 N–H and O–H groups in total. The number of carboxylic acid groups (broad SMARTS) is 1. The highest BCUT2D eigenvalue weighted by Crippen LogP contribution is 2.42. The molecule has 0 spiro atoms. The predicted molar refractivity (Wildman–Crippen MR) is 56.6 cm³/mol. The van der Waals surface area contributed by atoms with Crippen molar-refractivity contribution in [1.29, 1.82) is 0 Å². The molecule has 1 saturated carbocycles. The summed E-state index contributed by atoms with van der Waals surface area (Å²) in [5.41, 5.74) is 0.126. The van der Waals surface area contributed by atoms with Crippen molar-refractivity contribution in [1.82, 2.24) is 0 Å². The summed E-state index contributed by atoms with van der Waals surface area (Å²) in [4.78, 5) is 10.7. The van der Waals surface area contributed by atoms with Gasteiger partial charge in [0.05, 0.1) is 12.2 Å². The monoisotopic (exact) mass is 242 g/mol. The highest BCUT2D eigenvalue weighted by Gasteiger charge is 2.45. The van der Waals surface area contributed by atoms with Crippen molar-refractivity contribution in [2.75, 3.05) is 6.61 Å². The standard InChI is InChI=1S/C12H12F2O3/c13-12(14)5-8(6-12)7-17-10-3-1-2-9(4-10)11(15)16/h1-4,8H,5-7H2,(H,15,16). The summed E-state index contributed by atoms with van der Waals surface area (Å²) < 4.78 is 30.4. The van der Waals surface area contributed by atoms with Gasteiger partial charge in [-0.15, -0.1) is 0 Å². The van der Waals surface area contributed by atoms with Crippen molar-refractivity contribution in [2.45, 2.75) is 18.8 Å². The zero-order valence-electron chi connectivity index (χ0n) is 9.03. The summed E-state index contributed by atoms with van der Waals surface area (Å²) in [6, 6.07) is 6.02. The fraction of sp³-hybridized carbons (Fsp3) is 0.417. The van der Waals surface area contributed by atoms with E-state index in [1.165, 1.54) is 12.1 Å². The van der Waals surface area contributed by atoms with E-state index in [9.17, 15) is 13.6 Å². The minimum Gasteiger partial charge on any atom is -0.493 e. The second-order valence-electron chi connectivity index (χ2n) is 4.27. The maximum Gasteiger partial charge on any atom is 0.335 e. The van der Waals surface area contributed by atoms with Crippen LogP contribution in [0.4, 0.5) is 8.78 Å². The molecular weight excluding hydrogens is 230 g/mol. The molecule has 92 valence electrons. The van der Waals surface area contributed by atoms with Gasteiger partial charge in [-0.1, -0.05) is 6.07 Å². The zero-order valence-corrected chi connectivity index (χ0v) is 9.03. The lowest BCUT2D eigenvalue weighted by atomic mass is 9.82. The van der Waals surface area contributed by atoms with E-state index in [0.717, 1.165) is 0 Å². The number of rotatable bonds is 4. The van der Waals surface area contributed by atoms with Gasteiger partial charge in [0.15, 0.2) is 0 Å². The van der Waals surface area contributed by atoms with Crippen LogP contribution in [0.5, 0.6) is 5.75 Å². The summed E-state index contributed by atoms with van der Waals surface area (Å²) in [6.45, 7) is 0.207. The maximum absolute atomic E-state index is 12.6. The number of alkyl halides is 2. The maximum atomic E-state index is 12.6. The van der Waals surface area contributed by atoms with Crippen LogP contribution in [-0.4, -0.2) is 23.6 Å². The first-order chi connectivity index (χ1) is 7.96. The van der Waals surface area contributed by atoms with Gasteiger partial charge < -0.3 is 9.84 Å². The second-order valence-corrected chi connectivity index (χ2v) is 4.27. The SMILES string of the molecule is O=C(O)c1cccc(OCC2CC(F)(F)C2)c1. The number of aromatic carboxylic acids is 1. The molecule has 0 heterocycles. The molecular formula is C12H12F2O3. The van der Waals surface area contributed by atoms with Crippen LogP contribution in [0, 0.1) is 5.92 Å². The zero-order chi connectivity index (χ0) is 12.5. The van der Waals surface area contributed by atoms with Crippen LogP contribution in [0.3, 0.4) is 0 Å². The molecule has 0 bridgehead atoms. The molecule has 2 rings (SSSR count). The van der Waals surface area contributed by atoms with Crippen molar-refractivity contribution >= 4 is 5.97 Å². The van der Waals surface area contributed by atoms with Crippen LogP contribution < -0.4 is 4.74 Å². The van der Waals surface area contributed by atoms with Gasteiger partial charge in [0.1, 0.15) is 5.75 Å². The Balaban J connectivity index is 1.87. The van der Waals surface area contributed by atoms with E-state index in [1.54, 1.807) is 12.1 Å². The quantitative estimate of drug-likeness (QED) is 0.883. The molecule has 3 nitrogen and oxygen atoms in total. The first kappa shape index (κ1) is 11.8. The summed E-state index contributed by atoms with van der Waals surface area (Å²) >= 11 is 0. The van der Waals surface area contributed by atoms with E-state index < -0.39 is 11.9 Å². The van der Waals surface area contributed by atoms with Gasteiger partial charge in [-0.2, -0.15) is 0 Å². The third-order valence-corrected chi connectivity index (χ3v) is 2.74. The lowest BCUT2D eigenvalue weighted by Crippen LogP contribution is -2.38. The predicted octanol–water partition coefficient (Wildman–Crippen LogP) is 2.81. The number of hydrogen-bond donors (Lipinski definition) is 1. The molecule has 0 aromatic heterocycles. The van der Waals surface area contributed by atoms with E-state index in [2.05, 4.69) is 0 Å². The number of hydrogen-bond acceptors (Lipinski definition) is 2. The van der Waals surface area contributed by atoms with Crippen molar-refractivity contribution in [3.63, 3.8) is 0 Å². The van der Waals surface area contributed by atoms with E-state index in [-0.39, 0.29) is 30.9 Å². The van der Waals surface area contributed by atoms with Crippen LogP contribution in [0.2, 0.25) is 0 Å². The molecule has 17 heavy (non-hydrogen) atoms. The van der Waals surface area contributed by atoms with Gasteiger partial charge in [-0.05, 0) is 18.2 Å². The average molecular weight is 242 g/mol. The van der Waals surface area contributed by atoms with Crippen LogP contribution in [0.25, 0.3) is 0 Å². The Hall–Kier alpha value is -1.65. The summed E-state index contributed by atoms with van der Waals surface area (Å²) in [6.07, 6.45) is -0.294. The van der Waals surface area contributed by atoms with Gasteiger partial charge in [0.25, 0.3) is 0 Å². The lowest BCUT2D eigenvalue weighted by molar-refractivity contribution is -0.119. The Kier molecular flexibility index (Phi) is 3.00. The molecule has 1 aliphatic rings. The highest BCUT2D eigenvalue weighted by molar-refractivity contribution is 5.87. The Morgan fingerprint density at radius 1 is 1.47 bits per heavy atom. The Morgan fingerprint density at radius 2 is 2.18 bits per heavy atom. The van der Waals surface area contributed by atoms with Crippen molar-refractivity contribution in [3.05, 3.63) is 29.8 Å². The van der Waals surface area contributed by atoms with E-state index in [1.807, 2.05) is 0 Å². The van der Waals surface area contributed by atoms with Gasteiger partial charge in [0.2, 0.25) is 5.92 Å². The number of ether oxygens (including phenoxy) is 1.